The van der Waals surface area contributed by atoms with Crippen molar-refractivity contribution in [3.05, 3.63) is 96.1 Å². The molecule has 2 aromatic carbocycles. The fraction of sp³-hybridized carbons (Fsp3) is 0.295. The number of carbonyl (C=O) groups excluding carboxylic acids is 1. The predicted molar refractivity (Wildman–Crippen MR) is 226 cm³/mol. The molecule has 0 bridgehead atoms. The highest BCUT2D eigenvalue weighted by molar-refractivity contribution is 6.07. The summed E-state index contributed by atoms with van der Waals surface area (Å²) in [5, 5.41) is 20.4. The van der Waals surface area contributed by atoms with Crippen LogP contribution in [0, 0.1) is 11.3 Å². The lowest BCUT2D eigenvalue weighted by molar-refractivity contribution is 0.0698. The summed E-state index contributed by atoms with van der Waals surface area (Å²) >= 11 is 0. The molecule has 292 valence electrons. The highest BCUT2D eigenvalue weighted by Crippen LogP contribution is 2.30. The van der Waals surface area contributed by atoms with E-state index in [2.05, 4.69) is 38.7 Å². The van der Waals surface area contributed by atoms with E-state index in [0.717, 1.165) is 121 Å². The van der Waals surface area contributed by atoms with Crippen LogP contribution in [0.3, 0.4) is 0 Å². The molecule has 0 atom stereocenters. The minimum absolute atomic E-state index is 0.169. The number of nitrogens with zero attached hydrogens (tertiary/aromatic N) is 11. The summed E-state index contributed by atoms with van der Waals surface area (Å²) in [6.07, 6.45) is 2.02. The molecule has 2 saturated heterocycles. The van der Waals surface area contributed by atoms with Crippen molar-refractivity contribution < 1.29 is 14.7 Å². The smallest absolute Gasteiger partial charge is 0.339 e. The van der Waals surface area contributed by atoms with E-state index in [1.165, 1.54) is 0 Å². The lowest BCUT2D eigenvalue weighted by atomic mass is 10.1. The van der Waals surface area contributed by atoms with Crippen LogP contribution in [-0.4, -0.2) is 122 Å². The van der Waals surface area contributed by atoms with Crippen LogP contribution in [0.4, 0.5) is 11.6 Å². The van der Waals surface area contributed by atoms with Crippen molar-refractivity contribution in [1.82, 2.24) is 38.5 Å². The normalized spacial score (nSPS) is 15.8. The topological polar surface area (TPSA) is 152 Å². The average Bonchev–Trinajstić information content (AvgIpc) is 3.65. The number of benzene rings is 2. The molecule has 0 radical (unpaired) electrons. The van der Waals surface area contributed by atoms with Gasteiger partial charge in [-0.25, -0.2) is 24.7 Å². The number of aromatic carboxylic acids is 1. The Morgan fingerprint density at radius 2 is 1.09 bits per heavy atom. The first kappa shape index (κ1) is 36.9. The fourth-order valence-corrected chi connectivity index (χ4v) is 8.20. The van der Waals surface area contributed by atoms with E-state index in [9.17, 15) is 14.7 Å². The summed E-state index contributed by atoms with van der Waals surface area (Å²) in [6, 6.07) is 29.0. The third kappa shape index (κ3) is 6.78. The second-order valence-corrected chi connectivity index (χ2v) is 15.2. The number of hydrogen-bond acceptors (Lipinski definition) is 11. The molecule has 8 heterocycles. The molecule has 58 heavy (non-hydrogen) atoms. The highest BCUT2D eigenvalue weighted by Gasteiger charge is 2.22. The molecular formula is C44H43N11O3. The number of carboxylic acids is 1. The second kappa shape index (κ2) is 15.3. The number of carbonyl (C=O) groups is 2. The van der Waals surface area contributed by atoms with Crippen molar-refractivity contribution in [2.45, 2.75) is 19.3 Å². The van der Waals surface area contributed by atoms with Gasteiger partial charge in [0, 0.05) is 50.0 Å². The van der Waals surface area contributed by atoms with Gasteiger partial charge in [-0.1, -0.05) is 24.3 Å². The van der Waals surface area contributed by atoms with Crippen molar-refractivity contribution in [1.29, 1.82) is 5.26 Å². The van der Waals surface area contributed by atoms with Gasteiger partial charge in [-0.15, -0.1) is 0 Å². The summed E-state index contributed by atoms with van der Waals surface area (Å²) in [6.45, 7) is 7.97. The third-order valence-corrected chi connectivity index (χ3v) is 11.3. The molecule has 1 N–H and O–H groups in total. The Balaban J connectivity index is 0.000000151. The Labute approximate surface area is 334 Å². The van der Waals surface area contributed by atoms with Crippen LogP contribution in [0.5, 0.6) is 0 Å². The molecule has 14 heteroatoms. The minimum atomic E-state index is -0.984. The minimum Gasteiger partial charge on any atom is -0.478 e. The van der Waals surface area contributed by atoms with Gasteiger partial charge in [-0.05, 0) is 101 Å². The molecule has 0 amide bonds. The number of ketones is 1. The summed E-state index contributed by atoms with van der Waals surface area (Å²) < 4.78 is 3.84. The number of hydrogen-bond donors (Lipinski definition) is 1. The number of carboxylic acid groups (broad SMARTS) is 1. The van der Waals surface area contributed by atoms with Crippen LogP contribution in [0.15, 0.2) is 84.9 Å². The van der Waals surface area contributed by atoms with E-state index in [1.807, 2.05) is 93.7 Å². The maximum absolute atomic E-state index is 12.7. The number of Topliss-reactive ketones (excluding diaryl/α,β-unsaturated/α-hetero) is 1. The molecule has 2 fully saturated rings. The number of rotatable bonds is 5. The van der Waals surface area contributed by atoms with Crippen LogP contribution in [-0.2, 0) is 0 Å². The Morgan fingerprint density at radius 3 is 1.59 bits per heavy atom. The predicted octanol–water partition coefficient (Wildman–Crippen LogP) is 6.15. The zero-order valence-electron chi connectivity index (χ0n) is 32.5. The van der Waals surface area contributed by atoms with Crippen molar-refractivity contribution in [2.24, 2.45) is 0 Å². The first-order valence-corrected chi connectivity index (χ1v) is 19.7. The van der Waals surface area contributed by atoms with Gasteiger partial charge in [0.2, 0.25) is 0 Å². The second-order valence-electron chi connectivity index (χ2n) is 15.2. The summed E-state index contributed by atoms with van der Waals surface area (Å²) in [5.74, 6) is 0.652. The Kier molecular flexibility index (Phi) is 9.76. The van der Waals surface area contributed by atoms with Gasteiger partial charge in [0.15, 0.2) is 17.1 Å². The molecule has 6 aromatic heterocycles. The molecule has 0 saturated carbocycles. The molecular weight excluding hydrogens is 731 g/mol. The zero-order valence-corrected chi connectivity index (χ0v) is 32.5. The monoisotopic (exact) mass is 773 g/mol. The number of imidazole rings is 2. The molecule has 0 aliphatic carbocycles. The van der Waals surface area contributed by atoms with Crippen LogP contribution >= 0.6 is 0 Å². The largest absolute Gasteiger partial charge is 0.478 e. The van der Waals surface area contributed by atoms with Crippen LogP contribution < -0.4 is 9.80 Å². The van der Waals surface area contributed by atoms with Crippen molar-refractivity contribution in [3.8, 4) is 6.07 Å². The molecule has 2 aliphatic heterocycles. The molecule has 0 spiro atoms. The SMILES string of the molecule is CN1CCCN(c2ccc3cc(C(=O)CC#N)c4nc5ccccc5n4c3n2)CC1.CN1CCCN(c2ccc3cc(C(=O)O)c4nc5ccccc5n4c3n2)CC1. The van der Waals surface area contributed by atoms with Crippen LogP contribution in [0.2, 0.25) is 0 Å². The molecule has 8 aromatic rings. The lowest BCUT2D eigenvalue weighted by Gasteiger charge is -2.22. The number of anilines is 2. The maximum atomic E-state index is 12.7. The zero-order chi connectivity index (χ0) is 39.9. The first-order chi connectivity index (χ1) is 28.3. The molecule has 0 unspecified atom stereocenters. The number of fused-ring (bicyclic) bond motifs is 10. The van der Waals surface area contributed by atoms with Gasteiger partial charge in [-0.2, -0.15) is 5.26 Å². The van der Waals surface area contributed by atoms with E-state index in [0.29, 0.717) is 16.9 Å². The van der Waals surface area contributed by atoms with Gasteiger partial charge in [0.1, 0.15) is 28.5 Å². The van der Waals surface area contributed by atoms with Crippen molar-refractivity contribution >= 4 is 78.8 Å². The fourth-order valence-electron chi connectivity index (χ4n) is 8.20. The molecule has 2 aliphatic rings. The molecule has 14 nitrogen and oxygen atoms in total. The van der Waals surface area contributed by atoms with Crippen LogP contribution in [0.25, 0.3) is 55.4 Å². The Hall–Kier alpha value is -6.69. The van der Waals surface area contributed by atoms with Crippen LogP contribution in [0.1, 0.15) is 40.0 Å². The summed E-state index contributed by atoms with van der Waals surface area (Å²) in [7, 11) is 4.30. The van der Waals surface area contributed by atoms with E-state index < -0.39 is 5.97 Å². The standard InChI is InChI=1S/C23H22N6O.C21H21N5O2/c1-27-11-4-12-28(14-13-27)21-8-7-16-15-17(20(30)9-10-24)23-25-18-5-2-3-6-19(18)29(23)22(16)26-21;1-24-9-4-10-25(12-11-24)18-8-7-14-13-15(21(27)28)20-22-16-5-2-3-6-17(16)26(20)19(14)23-18/h2-3,5-8,15H,4,9,11-14H2,1H3;2-3,5-8,13H,4,9-12H2,1H3,(H,27,28). The average molecular weight is 774 g/mol. The quantitative estimate of drug-likeness (QED) is 0.200. The van der Waals surface area contributed by atoms with E-state index in [-0.39, 0.29) is 17.8 Å². The van der Waals surface area contributed by atoms with Crippen molar-refractivity contribution in [2.75, 3.05) is 76.3 Å². The lowest BCUT2D eigenvalue weighted by Crippen LogP contribution is -2.29. The summed E-state index contributed by atoms with van der Waals surface area (Å²) in [4.78, 5) is 53.0. The number of para-hydroxylation sites is 4. The van der Waals surface area contributed by atoms with Gasteiger partial charge in [0.05, 0.1) is 40.1 Å². The van der Waals surface area contributed by atoms with E-state index >= 15 is 0 Å². The first-order valence-electron chi connectivity index (χ1n) is 19.7. The van der Waals surface area contributed by atoms with E-state index in [1.54, 1.807) is 6.07 Å². The number of nitriles is 1. The number of likely N-dealkylation sites (N-methyl/N-ethyl adjacent to an activating group) is 2. The number of aromatic nitrogens is 6. The van der Waals surface area contributed by atoms with Gasteiger partial charge < -0.3 is 24.7 Å². The maximum Gasteiger partial charge on any atom is 0.339 e. The Morgan fingerprint density at radius 1 is 0.603 bits per heavy atom. The van der Waals surface area contributed by atoms with E-state index in [4.69, 9.17) is 20.2 Å². The number of pyridine rings is 4. The van der Waals surface area contributed by atoms with Crippen molar-refractivity contribution in [3.63, 3.8) is 0 Å². The van der Waals surface area contributed by atoms with Gasteiger partial charge in [-0.3, -0.25) is 13.6 Å². The third-order valence-electron chi connectivity index (χ3n) is 11.3. The highest BCUT2D eigenvalue weighted by atomic mass is 16.4. The van der Waals surface area contributed by atoms with Gasteiger partial charge in [0.25, 0.3) is 0 Å². The Bertz CT molecular complexity index is 2930. The summed E-state index contributed by atoms with van der Waals surface area (Å²) in [5.41, 5.74) is 6.51. The molecule has 10 rings (SSSR count). The van der Waals surface area contributed by atoms with Gasteiger partial charge >= 0.3 is 5.97 Å².